The van der Waals surface area contributed by atoms with E-state index in [2.05, 4.69) is 30.4 Å². The van der Waals surface area contributed by atoms with Crippen molar-refractivity contribution in [3.63, 3.8) is 0 Å². The maximum absolute atomic E-state index is 4.32. The molecule has 1 heterocycles. The molecule has 0 aromatic heterocycles. The molecule has 0 spiro atoms. The van der Waals surface area contributed by atoms with Gasteiger partial charge in [0.2, 0.25) is 0 Å². The minimum atomic E-state index is 0. The lowest BCUT2D eigenvalue weighted by Crippen LogP contribution is -2.19. The van der Waals surface area contributed by atoms with Crippen LogP contribution in [0.15, 0.2) is 41.4 Å². The topological polar surface area (TPSA) is 24.4 Å². The molecule has 1 aliphatic rings. The lowest BCUT2D eigenvalue weighted by molar-refractivity contribution is 0.960. The van der Waals surface area contributed by atoms with E-state index < -0.39 is 0 Å². The van der Waals surface area contributed by atoms with Crippen molar-refractivity contribution < 1.29 is 1.43 Å². The summed E-state index contributed by atoms with van der Waals surface area (Å²) in [7, 11) is 0. The number of amidine groups is 1. The molecule has 0 aliphatic carbocycles. The summed E-state index contributed by atoms with van der Waals surface area (Å²) in [6.45, 7) is 11.6. The zero-order chi connectivity index (χ0) is 9.68. The Morgan fingerprint density at radius 1 is 1.77 bits per heavy atom. The molecule has 0 bridgehead atoms. The number of nitrogens with one attached hydrogen (secondary N) is 1. The summed E-state index contributed by atoms with van der Waals surface area (Å²) >= 11 is 0. The Bertz CT molecular complexity index is 277. The van der Waals surface area contributed by atoms with Gasteiger partial charge in [0, 0.05) is 13.5 Å². The molecule has 0 atom stereocenters. The van der Waals surface area contributed by atoms with Gasteiger partial charge in [-0.25, -0.2) is 0 Å². The molecule has 0 fully saturated rings. The molecule has 0 saturated heterocycles. The molecule has 1 rings (SSSR count). The van der Waals surface area contributed by atoms with E-state index in [-0.39, 0.29) is 1.43 Å². The maximum atomic E-state index is 4.32. The molecule has 0 radical (unpaired) electrons. The Morgan fingerprint density at radius 3 is 3.00 bits per heavy atom. The summed E-state index contributed by atoms with van der Waals surface area (Å²) in [5.41, 5.74) is 2.15. The third-order valence-corrected chi connectivity index (χ3v) is 1.98. The first kappa shape index (κ1) is 9.78. The van der Waals surface area contributed by atoms with Gasteiger partial charge in [-0.1, -0.05) is 31.7 Å². The van der Waals surface area contributed by atoms with Crippen molar-refractivity contribution in [2.24, 2.45) is 4.99 Å². The van der Waals surface area contributed by atoms with Crippen LogP contribution >= 0.6 is 0 Å². The highest BCUT2D eigenvalue weighted by molar-refractivity contribution is 6.01. The predicted octanol–water partition coefficient (Wildman–Crippen LogP) is 2.31. The van der Waals surface area contributed by atoms with Crippen LogP contribution in [0.5, 0.6) is 0 Å². The van der Waals surface area contributed by atoms with E-state index in [1.165, 1.54) is 0 Å². The van der Waals surface area contributed by atoms with Crippen LogP contribution in [0.25, 0.3) is 0 Å². The van der Waals surface area contributed by atoms with E-state index >= 15 is 0 Å². The second-order valence-corrected chi connectivity index (χ2v) is 2.97. The van der Waals surface area contributed by atoms with E-state index in [4.69, 9.17) is 0 Å². The first-order valence-electron chi connectivity index (χ1n) is 4.58. The quantitative estimate of drug-likeness (QED) is 0.656. The summed E-state index contributed by atoms with van der Waals surface area (Å²) in [5.74, 6) is 0.949. The van der Waals surface area contributed by atoms with E-state index in [9.17, 15) is 0 Å². The number of hydrogen-bond acceptors (Lipinski definition) is 2. The molecule has 0 saturated carbocycles. The number of allylic oxidation sites excluding steroid dienone is 2. The van der Waals surface area contributed by atoms with E-state index in [0.717, 1.165) is 36.5 Å². The van der Waals surface area contributed by atoms with Crippen LogP contribution in [0, 0.1) is 0 Å². The van der Waals surface area contributed by atoms with E-state index in [1.54, 1.807) is 0 Å². The SMILES string of the molecule is C=C/C(=C\C(=C)CC)C1=NCCN1.[HH]. The fourth-order valence-corrected chi connectivity index (χ4v) is 1.14. The monoisotopic (exact) mass is 178 g/mol. The van der Waals surface area contributed by atoms with Crippen molar-refractivity contribution in [2.45, 2.75) is 13.3 Å². The molecule has 2 nitrogen and oxygen atoms in total. The van der Waals surface area contributed by atoms with Crippen LogP contribution in [0.2, 0.25) is 0 Å². The van der Waals surface area contributed by atoms with Gasteiger partial charge in [-0.05, 0) is 12.5 Å². The lowest BCUT2D eigenvalue weighted by atomic mass is 10.1. The molecule has 0 amide bonds. The minimum absolute atomic E-state index is 0. The zero-order valence-corrected chi connectivity index (χ0v) is 8.14. The molecule has 0 unspecified atom stereocenters. The van der Waals surface area contributed by atoms with Crippen LogP contribution in [0.3, 0.4) is 0 Å². The third kappa shape index (κ3) is 2.58. The summed E-state index contributed by atoms with van der Waals surface area (Å²) in [4.78, 5) is 4.32. The Morgan fingerprint density at radius 2 is 2.54 bits per heavy atom. The number of nitrogens with zero attached hydrogens (tertiary/aromatic N) is 1. The first-order valence-corrected chi connectivity index (χ1v) is 4.58. The molecule has 1 N–H and O–H groups in total. The van der Waals surface area contributed by atoms with Crippen molar-refractivity contribution in [1.82, 2.24) is 5.32 Å². The first-order chi connectivity index (χ1) is 6.27. The number of aliphatic imine (C=N–C) groups is 1. The van der Waals surface area contributed by atoms with Gasteiger partial charge in [-0.2, -0.15) is 0 Å². The van der Waals surface area contributed by atoms with Gasteiger partial charge >= 0.3 is 0 Å². The van der Waals surface area contributed by atoms with Crippen molar-refractivity contribution in [1.29, 1.82) is 0 Å². The van der Waals surface area contributed by atoms with Gasteiger partial charge in [0.25, 0.3) is 0 Å². The van der Waals surface area contributed by atoms with E-state index in [1.807, 2.05) is 12.2 Å². The van der Waals surface area contributed by atoms with Crippen LogP contribution in [-0.4, -0.2) is 18.9 Å². The second-order valence-electron chi connectivity index (χ2n) is 2.97. The van der Waals surface area contributed by atoms with Crippen molar-refractivity contribution in [3.05, 3.63) is 36.5 Å². The normalized spacial score (nSPS) is 16.4. The lowest BCUT2D eigenvalue weighted by Gasteiger charge is -2.03. The van der Waals surface area contributed by atoms with Gasteiger partial charge in [0.05, 0.1) is 6.54 Å². The van der Waals surface area contributed by atoms with Crippen molar-refractivity contribution in [3.8, 4) is 0 Å². The molecule has 1 aliphatic heterocycles. The molecule has 2 heteroatoms. The number of rotatable bonds is 4. The van der Waals surface area contributed by atoms with Crippen LogP contribution < -0.4 is 5.32 Å². The molecular weight excluding hydrogens is 160 g/mol. The molecule has 13 heavy (non-hydrogen) atoms. The van der Waals surface area contributed by atoms with Gasteiger partial charge in [-0.15, -0.1) is 0 Å². The molecular formula is C11H18N2. The van der Waals surface area contributed by atoms with Gasteiger partial charge in [-0.3, -0.25) is 4.99 Å². The zero-order valence-electron chi connectivity index (χ0n) is 8.14. The highest BCUT2D eigenvalue weighted by Crippen LogP contribution is 2.08. The Labute approximate surface area is 81.2 Å². The average molecular weight is 178 g/mol. The maximum Gasteiger partial charge on any atom is 0.128 e. The average Bonchev–Trinajstić information content (AvgIpc) is 2.66. The fraction of sp³-hybridized carbons (Fsp3) is 0.364. The highest BCUT2D eigenvalue weighted by Gasteiger charge is 2.07. The Kier molecular flexibility index (Phi) is 3.50. The smallest absolute Gasteiger partial charge is 0.128 e. The minimum Gasteiger partial charge on any atom is -0.368 e. The van der Waals surface area contributed by atoms with Gasteiger partial charge in [0.1, 0.15) is 5.84 Å². The largest absolute Gasteiger partial charge is 0.368 e. The predicted molar refractivity (Wildman–Crippen MR) is 60.1 cm³/mol. The van der Waals surface area contributed by atoms with Crippen molar-refractivity contribution >= 4 is 5.84 Å². The van der Waals surface area contributed by atoms with Gasteiger partial charge < -0.3 is 5.32 Å². The van der Waals surface area contributed by atoms with Crippen molar-refractivity contribution in [2.75, 3.05) is 13.1 Å². The van der Waals surface area contributed by atoms with Crippen LogP contribution in [0.1, 0.15) is 14.8 Å². The second kappa shape index (κ2) is 4.65. The summed E-state index contributed by atoms with van der Waals surface area (Å²) in [6.07, 6.45) is 4.81. The highest BCUT2D eigenvalue weighted by atomic mass is 15.1. The molecule has 72 valence electrons. The van der Waals surface area contributed by atoms with Crippen LogP contribution in [-0.2, 0) is 0 Å². The van der Waals surface area contributed by atoms with Gasteiger partial charge in [0.15, 0.2) is 0 Å². The molecule has 0 aromatic carbocycles. The van der Waals surface area contributed by atoms with E-state index in [0.29, 0.717) is 0 Å². The Hall–Kier alpha value is -1.31. The summed E-state index contributed by atoms with van der Waals surface area (Å²) < 4.78 is 0. The van der Waals surface area contributed by atoms with Crippen LogP contribution in [0.4, 0.5) is 0 Å². The summed E-state index contributed by atoms with van der Waals surface area (Å²) in [5, 5.41) is 3.21. The standard InChI is InChI=1S/C11H16N2.H2/c1-4-9(3)8-10(5-2)11-12-6-7-13-11;/h5,8H,2-4,6-7H2,1H3,(H,12,13);1H/b10-8+;. The molecule has 0 aromatic rings. The summed E-state index contributed by atoms with van der Waals surface area (Å²) in [6, 6.07) is 0. The Balaban J connectivity index is 0.00000169. The third-order valence-electron chi connectivity index (χ3n) is 1.98. The fourth-order valence-electron chi connectivity index (χ4n) is 1.14. The number of hydrogen-bond donors (Lipinski definition) is 1.